The van der Waals surface area contributed by atoms with Crippen LogP contribution in [0, 0.1) is 0 Å². The van der Waals surface area contributed by atoms with Crippen LogP contribution < -0.4 is 10.1 Å². The minimum atomic E-state index is -0.477. The van der Waals surface area contributed by atoms with Crippen molar-refractivity contribution >= 4 is 40.1 Å². The van der Waals surface area contributed by atoms with E-state index in [4.69, 9.17) is 4.74 Å². The first-order chi connectivity index (χ1) is 10.6. The molecule has 1 heterocycles. The molecule has 1 amide bonds. The van der Waals surface area contributed by atoms with Gasteiger partial charge in [0.2, 0.25) is 5.13 Å². The number of hydrogen-bond donors (Lipinski definition) is 1. The fourth-order valence-electron chi connectivity index (χ4n) is 1.57. The quantitative estimate of drug-likeness (QED) is 0.377. The molecule has 0 aliphatic rings. The van der Waals surface area contributed by atoms with Crippen molar-refractivity contribution in [3.63, 3.8) is 0 Å². The molecule has 0 spiro atoms. The summed E-state index contributed by atoms with van der Waals surface area (Å²) in [4.78, 5) is 23.3. The van der Waals surface area contributed by atoms with Gasteiger partial charge in [-0.2, -0.15) is 0 Å². The molecule has 0 unspecified atom stereocenters. The van der Waals surface area contributed by atoms with Crippen LogP contribution in [0.5, 0.6) is 5.75 Å². The second kappa shape index (κ2) is 7.90. The number of rotatable bonds is 6. The number of anilines is 1. The molecule has 6 nitrogen and oxygen atoms in total. The highest BCUT2D eigenvalue weighted by Gasteiger charge is 2.15. The van der Waals surface area contributed by atoms with E-state index in [0.717, 1.165) is 16.5 Å². The molecule has 22 heavy (non-hydrogen) atoms. The van der Waals surface area contributed by atoms with Gasteiger partial charge < -0.3 is 4.74 Å². The SMILES string of the molecule is CCCSc1nnc(NC(=O)c2ccccc2OC(C)=O)s1. The first kappa shape index (κ1) is 16.4. The zero-order chi connectivity index (χ0) is 15.9. The lowest BCUT2D eigenvalue weighted by atomic mass is 10.2. The van der Waals surface area contributed by atoms with Gasteiger partial charge in [0.25, 0.3) is 5.91 Å². The Kier molecular flexibility index (Phi) is 5.91. The van der Waals surface area contributed by atoms with Crippen LogP contribution in [0.25, 0.3) is 0 Å². The lowest BCUT2D eigenvalue weighted by Crippen LogP contribution is -2.14. The number of nitrogens with one attached hydrogen (secondary N) is 1. The third kappa shape index (κ3) is 4.54. The van der Waals surface area contributed by atoms with Gasteiger partial charge >= 0.3 is 5.97 Å². The fourth-order valence-corrected chi connectivity index (χ4v) is 3.24. The molecular weight excluding hydrogens is 322 g/mol. The predicted octanol–water partition coefficient (Wildman–Crippen LogP) is 3.22. The first-order valence-corrected chi connectivity index (χ1v) is 8.45. The highest BCUT2D eigenvalue weighted by atomic mass is 32.2. The molecular formula is C14H15N3O3S2. The Morgan fingerprint density at radius 1 is 1.32 bits per heavy atom. The van der Waals surface area contributed by atoms with E-state index < -0.39 is 5.97 Å². The van der Waals surface area contributed by atoms with Crippen LogP contribution in [0.4, 0.5) is 5.13 Å². The van der Waals surface area contributed by atoms with Gasteiger partial charge in [-0.25, -0.2) is 0 Å². The zero-order valence-electron chi connectivity index (χ0n) is 12.2. The summed E-state index contributed by atoms with van der Waals surface area (Å²) in [6.07, 6.45) is 1.04. The van der Waals surface area contributed by atoms with E-state index in [1.807, 2.05) is 0 Å². The number of ether oxygens (including phenoxy) is 1. The number of hydrogen-bond acceptors (Lipinski definition) is 7. The number of carbonyl (C=O) groups excluding carboxylic acids is 2. The maximum Gasteiger partial charge on any atom is 0.308 e. The molecule has 0 radical (unpaired) electrons. The largest absolute Gasteiger partial charge is 0.426 e. The summed E-state index contributed by atoms with van der Waals surface area (Å²) < 4.78 is 5.84. The predicted molar refractivity (Wildman–Crippen MR) is 86.6 cm³/mol. The average molecular weight is 337 g/mol. The van der Waals surface area contributed by atoms with E-state index in [-0.39, 0.29) is 17.2 Å². The standard InChI is InChI=1S/C14H15N3O3S2/c1-3-8-21-14-17-16-13(22-14)15-12(19)10-6-4-5-7-11(10)20-9(2)18/h4-7H,3,8H2,1-2H3,(H,15,16,19). The Balaban J connectivity index is 2.09. The molecule has 0 fully saturated rings. The molecule has 1 aromatic heterocycles. The lowest BCUT2D eigenvalue weighted by Gasteiger charge is -2.07. The molecule has 8 heteroatoms. The van der Waals surface area contributed by atoms with Crippen molar-refractivity contribution in [2.75, 3.05) is 11.1 Å². The van der Waals surface area contributed by atoms with Gasteiger partial charge in [0.15, 0.2) is 4.34 Å². The van der Waals surface area contributed by atoms with E-state index in [9.17, 15) is 9.59 Å². The van der Waals surface area contributed by atoms with Crippen LogP contribution in [0.1, 0.15) is 30.6 Å². The minimum absolute atomic E-state index is 0.220. The van der Waals surface area contributed by atoms with Gasteiger partial charge in [-0.3, -0.25) is 14.9 Å². The van der Waals surface area contributed by atoms with Crippen molar-refractivity contribution < 1.29 is 14.3 Å². The minimum Gasteiger partial charge on any atom is -0.426 e. The van der Waals surface area contributed by atoms with Crippen LogP contribution in [0.15, 0.2) is 28.6 Å². The summed E-state index contributed by atoms with van der Waals surface area (Å²) in [7, 11) is 0. The molecule has 1 N–H and O–H groups in total. The molecule has 2 aromatic rings. The monoisotopic (exact) mass is 337 g/mol. The number of aromatic nitrogens is 2. The van der Waals surface area contributed by atoms with Gasteiger partial charge in [0.05, 0.1) is 5.56 Å². The molecule has 1 aromatic carbocycles. The summed E-state index contributed by atoms with van der Waals surface area (Å²) in [6.45, 7) is 3.37. The van der Waals surface area contributed by atoms with Gasteiger partial charge in [-0.15, -0.1) is 10.2 Å². The van der Waals surface area contributed by atoms with E-state index in [2.05, 4.69) is 22.4 Å². The molecule has 0 atom stereocenters. The molecule has 116 valence electrons. The molecule has 2 rings (SSSR count). The van der Waals surface area contributed by atoms with Crippen molar-refractivity contribution in [2.45, 2.75) is 24.6 Å². The zero-order valence-corrected chi connectivity index (χ0v) is 13.8. The number of nitrogens with zero attached hydrogens (tertiary/aromatic N) is 2. The molecule has 0 aliphatic carbocycles. The summed E-state index contributed by atoms with van der Waals surface area (Å²) in [5.41, 5.74) is 0.274. The Hall–Kier alpha value is -1.93. The van der Waals surface area contributed by atoms with Crippen LogP contribution in [-0.4, -0.2) is 27.8 Å². The Bertz CT molecular complexity index is 673. The third-order valence-electron chi connectivity index (χ3n) is 2.44. The Labute approximate surface area is 136 Å². The Morgan fingerprint density at radius 2 is 2.09 bits per heavy atom. The van der Waals surface area contributed by atoms with E-state index in [1.165, 1.54) is 18.3 Å². The van der Waals surface area contributed by atoms with E-state index in [0.29, 0.717) is 5.13 Å². The summed E-state index contributed by atoms with van der Waals surface area (Å²) in [5, 5.41) is 11.0. The van der Waals surface area contributed by atoms with Crippen molar-refractivity contribution in [1.29, 1.82) is 0 Å². The fraction of sp³-hybridized carbons (Fsp3) is 0.286. The number of carbonyl (C=O) groups is 2. The number of esters is 1. The molecule has 0 saturated carbocycles. The van der Waals surface area contributed by atoms with E-state index >= 15 is 0 Å². The second-order valence-electron chi connectivity index (χ2n) is 4.27. The molecule has 0 saturated heterocycles. The van der Waals surface area contributed by atoms with Crippen molar-refractivity contribution in [3.05, 3.63) is 29.8 Å². The van der Waals surface area contributed by atoms with Crippen LogP contribution in [0.3, 0.4) is 0 Å². The summed E-state index contributed by atoms with van der Waals surface area (Å²) >= 11 is 2.92. The maximum absolute atomic E-state index is 12.3. The molecule has 0 aliphatic heterocycles. The average Bonchev–Trinajstić information content (AvgIpc) is 2.92. The lowest BCUT2D eigenvalue weighted by molar-refractivity contribution is -0.131. The number of benzene rings is 1. The van der Waals surface area contributed by atoms with Crippen molar-refractivity contribution in [1.82, 2.24) is 10.2 Å². The Morgan fingerprint density at radius 3 is 2.82 bits per heavy atom. The van der Waals surface area contributed by atoms with Crippen molar-refractivity contribution in [3.8, 4) is 5.75 Å². The van der Waals surface area contributed by atoms with Crippen molar-refractivity contribution in [2.24, 2.45) is 0 Å². The van der Waals surface area contributed by atoms with Crippen LogP contribution >= 0.6 is 23.1 Å². The highest BCUT2D eigenvalue weighted by molar-refractivity contribution is 8.01. The van der Waals surface area contributed by atoms with Crippen LogP contribution in [-0.2, 0) is 4.79 Å². The van der Waals surface area contributed by atoms with Crippen LogP contribution in [0.2, 0.25) is 0 Å². The second-order valence-corrected chi connectivity index (χ2v) is 6.59. The maximum atomic E-state index is 12.3. The number of amides is 1. The van der Waals surface area contributed by atoms with E-state index in [1.54, 1.807) is 36.0 Å². The smallest absolute Gasteiger partial charge is 0.308 e. The number of para-hydroxylation sites is 1. The van der Waals surface area contributed by atoms with Gasteiger partial charge in [0, 0.05) is 12.7 Å². The summed E-state index contributed by atoms with van der Waals surface area (Å²) in [6, 6.07) is 6.55. The number of thioether (sulfide) groups is 1. The topological polar surface area (TPSA) is 81.2 Å². The van der Waals surface area contributed by atoms with Gasteiger partial charge in [-0.05, 0) is 18.6 Å². The highest BCUT2D eigenvalue weighted by Crippen LogP contribution is 2.27. The first-order valence-electron chi connectivity index (χ1n) is 6.65. The van der Waals surface area contributed by atoms with Gasteiger partial charge in [0.1, 0.15) is 5.75 Å². The normalized spacial score (nSPS) is 10.3. The summed E-state index contributed by atoms with van der Waals surface area (Å²) in [5.74, 6) is 0.310. The molecule has 0 bridgehead atoms. The third-order valence-corrected chi connectivity index (χ3v) is 4.62. The van der Waals surface area contributed by atoms with Gasteiger partial charge in [-0.1, -0.05) is 42.2 Å².